The topological polar surface area (TPSA) is 80.8 Å². The van der Waals surface area contributed by atoms with Crippen LogP contribution in [0.1, 0.15) is 10.4 Å². The molecule has 0 amide bonds. The Labute approximate surface area is 89.4 Å². The van der Waals surface area contributed by atoms with E-state index in [2.05, 4.69) is 25.4 Å². The van der Waals surface area contributed by atoms with E-state index in [1.54, 1.807) is 0 Å². The molecule has 0 fully saturated rings. The molecule has 6 nitrogen and oxygen atoms in total. The SMILES string of the molecule is COC(=O)c1ccc(-c2nnn[nH]2)c(F)c1. The highest BCUT2D eigenvalue weighted by Crippen LogP contribution is 2.19. The maximum atomic E-state index is 13.6. The van der Waals surface area contributed by atoms with Crippen molar-refractivity contribution in [2.75, 3.05) is 7.11 Å². The number of hydrogen-bond donors (Lipinski definition) is 1. The Kier molecular flexibility index (Phi) is 2.59. The minimum Gasteiger partial charge on any atom is -0.465 e. The van der Waals surface area contributed by atoms with Crippen LogP contribution in [0.4, 0.5) is 4.39 Å². The number of aromatic amines is 1. The third-order valence-electron chi connectivity index (χ3n) is 1.99. The lowest BCUT2D eigenvalue weighted by molar-refractivity contribution is 0.0600. The first kappa shape index (κ1) is 10.2. The van der Waals surface area contributed by atoms with Gasteiger partial charge in [0.2, 0.25) is 0 Å². The Bertz CT molecular complexity index is 512. The van der Waals surface area contributed by atoms with Crippen molar-refractivity contribution in [2.24, 2.45) is 0 Å². The Morgan fingerprint density at radius 2 is 2.31 bits per heavy atom. The quantitative estimate of drug-likeness (QED) is 0.760. The summed E-state index contributed by atoms with van der Waals surface area (Å²) in [6.45, 7) is 0. The molecule has 1 heterocycles. The van der Waals surface area contributed by atoms with Crippen molar-refractivity contribution in [3.05, 3.63) is 29.6 Å². The molecule has 7 heteroatoms. The largest absolute Gasteiger partial charge is 0.465 e. The lowest BCUT2D eigenvalue weighted by atomic mass is 10.1. The van der Waals surface area contributed by atoms with E-state index >= 15 is 0 Å². The summed E-state index contributed by atoms with van der Waals surface area (Å²) in [7, 11) is 1.23. The molecule has 0 unspecified atom stereocenters. The van der Waals surface area contributed by atoms with Gasteiger partial charge in [-0.25, -0.2) is 14.3 Å². The Morgan fingerprint density at radius 1 is 1.50 bits per heavy atom. The van der Waals surface area contributed by atoms with E-state index < -0.39 is 11.8 Å². The van der Waals surface area contributed by atoms with Crippen molar-refractivity contribution in [1.29, 1.82) is 0 Å². The summed E-state index contributed by atoms with van der Waals surface area (Å²) >= 11 is 0. The molecule has 1 N–H and O–H groups in total. The van der Waals surface area contributed by atoms with Crippen LogP contribution in [0.2, 0.25) is 0 Å². The molecular formula is C9H7FN4O2. The zero-order valence-corrected chi connectivity index (χ0v) is 8.27. The maximum Gasteiger partial charge on any atom is 0.337 e. The number of esters is 1. The zero-order chi connectivity index (χ0) is 11.5. The van der Waals surface area contributed by atoms with Crippen LogP contribution >= 0.6 is 0 Å². The molecule has 0 aliphatic carbocycles. The molecule has 0 saturated carbocycles. The van der Waals surface area contributed by atoms with Gasteiger partial charge in [-0.15, -0.1) is 5.10 Å². The number of carbonyl (C=O) groups is 1. The third kappa shape index (κ3) is 1.74. The number of ether oxygens (including phenoxy) is 1. The molecule has 0 atom stereocenters. The molecule has 0 aliphatic heterocycles. The molecular weight excluding hydrogens is 215 g/mol. The molecule has 0 radical (unpaired) electrons. The first-order valence-corrected chi connectivity index (χ1v) is 4.34. The number of carbonyl (C=O) groups excluding carboxylic acids is 1. The van der Waals surface area contributed by atoms with Crippen LogP contribution in [0.3, 0.4) is 0 Å². The molecule has 82 valence electrons. The highest BCUT2D eigenvalue weighted by atomic mass is 19.1. The fourth-order valence-corrected chi connectivity index (χ4v) is 1.23. The predicted octanol–water partition coefficient (Wildman–Crippen LogP) is 0.792. The number of aromatic nitrogens is 4. The fraction of sp³-hybridized carbons (Fsp3) is 0.111. The van der Waals surface area contributed by atoms with Gasteiger partial charge in [0.15, 0.2) is 5.82 Å². The molecule has 2 aromatic rings. The van der Waals surface area contributed by atoms with Gasteiger partial charge in [-0.1, -0.05) is 0 Å². The van der Waals surface area contributed by atoms with Crippen molar-refractivity contribution in [3.8, 4) is 11.4 Å². The van der Waals surface area contributed by atoms with Gasteiger partial charge in [-0.05, 0) is 28.6 Å². The summed E-state index contributed by atoms with van der Waals surface area (Å²) in [6.07, 6.45) is 0. The summed E-state index contributed by atoms with van der Waals surface area (Å²) in [6, 6.07) is 3.92. The third-order valence-corrected chi connectivity index (χ3v) is 1.99. The highest BCUT2D eigenvalue weighted by Gasteiger charge is 2.12. The van der Waals surface area contributed by atoms with Crippen LogP contribution in [0, 0.1) is 5.82 Å². The monoisotopic (exact) mass is 222 g/mol. The van der Waals surface area contributed by atoms with Crippen molar-refractivity contribution in [3.63, 3.8) is 0 Å². The van der Waals surface area contributed by atoms with E-state index in [1.165, 1.54) is 19.2 Å². The van der Waals surface area contributed by atoms with E-state index in [9.17, 15) is 9.18 Å². The van der Waals surface area contributed by atoms with E-state index in [0.717, 1.165) is 6.07 Å². The number of rotatable bonds is 2. The molecule has 1 aromatic heterocycles. The van der Waals surface area contributed by atoms with Crippen molar-refractivity contribution >= 4 is 5.97 Å². The number of nitrogens with one attached hydrogen (secondary N) is 1. The van der Waals surface area contributed by atoms with Crippen LogP contribution in [-0.4, -0.2) is 33.7 Å². The van der Waals surface area contributed by atoms with Gasteiger partial charge in [0.25, 0.3) is 0 Å². The van der Waals surface area contributed by atoms with Gasteiger partial charge in [-0.3, -0.25) is 0 Å². The van der Waals surface area contributed by atoms with Crippen LogP contribution < -0.4 is 0 Å². The summed E-state index contributed by atoms with van der Waals surface area (Å²) in [5, 5.41) is 12.7. The Morgan fingerprint density at radius 3 is 2.88 bits per heavy atom. The van der Waals surface area contributed by atoms with Gasteiger partial charge in [0, 0.05) is 0 Å². The summed E-state index contributed by atoms with van der Waals surface area (Å²) < 4.78 is 18.1. The average molecular weight is 222 g/mol. The molecule has 0 spiro atoms. The van der Waals surface area contributed by atoms with Crippen molar-refractivity contribution in [1.82, 2.24) is 20.6 Å². The number of hydrogen-bond acceptors (Lipinski definition) is 5. The van der Waals surface area contributed by atoms with Crippen LogP contribution in [-0.2, 0) is 4.74 Å². The number of halogens is 1. The summed E-state index contributed by atoms with van der Waals surface area (Å²) in [4.78, 5) is 11.1. The molecule has 16 heavy (non-hydrogen) atoms. The summed E-state index contributed by atoms with van der Waals surface area (Å²) in [5.74, 6) is -0.989. The van der Waals surface area contributed by atoms with Crippen molar-refractivity contribution in [2.45, 2.75) is 0 Å². The zero-order valence-electron chi connectivity index (χ0n) is 8.27. The van der Waals surface area contributed by atoms with Gasteiger partial charge in [0.1, 0.15) is 5.82 Å². The minimum absolute atomic E-state index is 0.135. The van der Waals surface area contributed by atoms with E-state index in [1.807, 2.05) is 0 Å². The number of nitrogens with zero attached hydrogens (tertiary/aromatic N) is 3. The molecule has 0 bridgehead atoms. The molecule has 2 rings (SSSR count). The standard InChI is InChI=1S/C9H7FN4O2/c1-16-9(15)5-2-3-6(7(10)4-5)8-11-13-14-12-8/h2-4H,1H3,(H,11,12,13,14). The Hall–Kier alpha value is -2.31. The van der Waals surface area contributed by atoms with Gasteiger partial charge in [0.05, 0.1) is 18.2 Å². The number of tetrazole rings is 1. The second kappa shape index (κ2) is 4.05. The van der Waals surface area contributed by atoms with Crippen molar-refractivity contribution < 1.29 is 13.9 Å². The van der Waals surface area contributed by atoms with Crippen LogP contribution in [0.25, 0.3) is 11.4 Å². The highest BCUT2D eigenvalue weighted by molar-refractivity contribution is 5.89. The minimum atomic E-state index is -0.596. The molecule has 0 aliphatic rings. The fourth-order valence-electron chi connectivity index (χ4n) is 1.23. The van der Waals surface area contributed by atoms with Gasteiger partial charge < -0.3 is 4.74 Å². The van der Waals surface area contributed by atoms with E-state index in [-0.39, 0.29) is 17.0 Å². The maximum absolute atomic E-state index is 13.6. The predicted molar refractivity (Wildman–Crippen MR) is 50.9 cm³/mol. The van der Waals surface area contributed by atoms with E-state index in [4.69, 9.17) is 0 Å². The van der Waals surface area contributed by atoms with Crippen LogP contribution in [0.15, 0.2) is 18.2 Å². The lowest BCUT2D eigenvalue weighted by Crippen LogP contribution is -2.02. The first-order chi connectivity index (χ1) is 7.72. The second-order valence-electron chi connectivity index (χ2n) is 2.94. The second-order valence-corrected chi connectivity index (χ2v) is 2.94. The van der Waals surface area contributed by atoms with Gasteiger partial charge in [-0.2, -0.15) is 0 Å². The molecule has 0 saturated heterocycles. The summed E-state index contributed by atoms with van der Waals surface area (Å²) in [5.41, 5.74) is 0.328. The van der Waals surface area contributed by atoms with Gasteiger partial charge >= 0.3 is 5.97 Å². The number of benzene rings is 1. The molecule has 1 aromatic carbocycles. The lowest BCUT2D eigenvalue weighted by Gasteiger charge is -2.01. The average Bonchev–Trinajstić information content (AvgIpc) is 2.81. The number of methoxy groups -OCH3 is 1. The van der Waals surface area contributed by atoms with Crippen LogP contribution in [0.5, 0.6) is 0 Å². The first-order valence-electron chi connectivity index (χ1n) is 4.34. The normalized spacial score (nSPS) is 10.1. The number of H-pyrrole nitrogens is 1. The van der Waals surface area contributed by atoms with E-state index in [0.29, 0.717) is 0 Å². The Balaban J connectivity index is 2.41. The smallest absolute Gasteiger partial charge is 0.337 e.